The number of carbonyl (C=O) groups excluding carboxylic acids is 1. The minimum Gasteiger partial charge on any atom is -0.299 e. The van der Waals surface area contributed by atoms with E-state index in [4.69, 9.17) is 0 Å². The highest BCUT2D eigenvalue weighted by molar-refractivity contribution is 5.67. The summed E-state index contributed by atoms with van der Waals surface area (Å²) in [6.07, 6.45) is 10.4. The van der Waals surface area contributed by atoms with Gasteiger partial charge in [-0.05, 0) is 55.7 Å². The van der Waals surface area contributed by atoms with Gasteiger partial charge in [-0.1, -0.05) is 31.6 Å². The average Bonchev–Trinajstić information content (AvgIpc) is 2.16. The van der Waals surface area contributed by atoms with E-state index in [1.807, 2.05) is 13.0 Å². The molecule has 0 fully saturated rings. The molecule has 16 heavy (non-hydrogen) atoms. The van der Waals surface area contributed by atoms with Crippen LogP contribution in [0.1, 0.15) is 47.0 Å². The molecule has 0 aliphatic heterocycles. The molecule has 0 unspecified atom stereocenters. The van der Waals surface area contributed by atoms with E-state index in [-0.39, 0.29) is 5.41 Å². The van der Waals surface area contributed by atoms with Crippen molar-refractivity contribution in [1.82, 2.24) is 0 Å². The second kappa shape index (κ2) is 5.29. The molecule has 0 heterocycles. The van der Waals surface area contributed by atoms with Crippen molar-refractivity contribution in [1.29, 1.82) is 0 Å². The van der Waals surface area contributed by atoms with Gasteiger partial charge in [-0.2, -0.15) is 0 Å². The van der Waals surface area contributed by atoms with Crippen molar-refractivity contribution < 1.29 is 4.79 Å². The number of aldehydes is 1. The van der Waals surface area contributed by atoms with Gasteiger partial charge >= 0.3 is 0 Å². The molecular formula is C15H22O. The van der Waals surface area contributed by atoms with Gasteiger partial charge in [0.15, 0.2) is 0 Å². The van der Waals surface area contributed by atoms with Crippen LogP contribution in [0, 0.1) is 5.41 Å². The topological polar surface area (TPSA) is 17.1 Å². The van der Waals surface area contributed by atoms with E-state index in [1.54, 1.807) is 6.08 Å². The quantitative estimate of drug-likeness (QED) is 0.394. The Bertz CT molecular complexity index is 354. The molecule has 88 valence electrons. The van der Waals surface area contributed by atoms with Gasteiger partial charge in [-0.3, -0.25) is 4.79 Å². The third-order valence-electron chi connectivity index (χ3n) is 3.39. The maximum atomic E-state index is 10.3. The van der Waals surface area contributed by atoms with Gasteiger partial charge < -0.3 is 0 Å². The van der Waals surface area contributed by atoms with Crippen molar-refractivity contribution in [3.8, 4) is 0 Å². The first-order valence-corrected chi connectivity index (χ1v) is 5.98. The monoisotopic (exact) mass is 218 g/mol. The lowest BCUT2D eigenvalue weighted by atomic mass is 9.72. The van der Waals surface area contributed by atoms with Crippen LogP contribution in [0.15, 0.2) is 34.9 Å². The minimum absolute atomic E-state index is 0.278. The first-order chi connectivity index (χ1) is 7.47. The van der Waals surface area contributed by atoms with Crippen LogP contribution >= 0.6 is 0 Å². The Kier molecular flexibility index (Phi) is 4.28. The van der Waals surface area contributed by atoms with E-state index in [2.05, 4.69) is 26.8 Å². The summed E-state index contributed by atoms with van der Waals surface area (Å²) in [7, 11) is 0. The fourth-order valence-electron chi connectivity index (χ4n) is 2.39. The van der Waals surface area contributed by atoms with Gasteiger partial charge in [-0.25, -0.2) is 0 Å². The molecule has 0 aromatic carbocycles. The molecule has 0 saturated carbocycles. The number of hydrogen-bond acceptors (Lipinski definition) is 1. The Morgan fingerprint density at radius 2 is 2.06 bits per heavy atom. The fourth-order valence-corrected chi connectivity index (χ4v) is 2.39. The van der Waals surface area contributed by atoms with Crippen LogP contribution in [0.2, 0.25) is 0 Å². The van der Waals surface area contributed by atoms with Gasteiger partial charge in [0.1, 0.15) is 6.29 Å². The summed E-state index contributed by atoms with van der Waals surface area (Å²) in [5, 5.41) is 0. The first-order valence-electron chi connectivity index (χ1n) is 5.98. The molecule has 1 aliphatic rings. The third kappa shape index (κ3) is 3.19. The van der Waals surface area contributed by atoms with Gasteiger partial charge in [0.25, 0.3) is 0 Å². The van der Waals surface area contributed by atoms with Gasteiger partial charge in [0.2, 0.25) is 0 Å². The maximum absolute atomic E-state index is 10.3. The second-order valence-corrected chi connectivity index (χ2v) is 5.31. The highest BCUT2D eigenvalue weighted by Gasteiger charge is 2.26. The normalized spacial score (nSPS) is 21.6. The summed E-state index contributed by atoms with van der Waals surface area (Å²) >= 11 is 0. The van der Waals surface area contributed by atoms with E-state index in [9.17, 15) is 4.79 Å². The van der Waals surface area contributed by atoms with Crippen LogP contribution in [-0.2, 0) is 4.79 Å². The van der Waals surface area contributed by atoms with E-state index >= 15 is 0 Å². The molecule has 0 N–H and O–H groups in total. The standard InChI is InChI=1S/C15H22O/c1-12(9-11-16)7-8-14-13(2)6-5-10-15(14,3)4/h7-9,11H,5-6,10H2,1-4H3. The molecule has 0 spiro atoms. The molecule has 0 saturated heterocycles. The smallest absolute Gasteiger partial charge is 0.143 e. The predicted octanol–water partition coefficient (Wildman–Crippen LogP) is 4.21. The molecule has 0 aromatic heterocycles. The molecule has 1 heteroatoms. The minimum atomic E-state index is 0.278. The molecular weight excluding hydrogens is 196 g/mol. The molecule has 0 aromatic rings. The maximum Gasteiger partial charge on any atom is 0.143 e. The molecule has 0 amide bonds. The zero-order valence-corrected chi connectivity index (χ0v) is 10.8. The summed E-state index contributed by atoms with van der Waals surface area (Å²) in [6, 6.07) is 0. The van der Waals surface area contributed by atoms with Crippen molar-refractivity contribution in [3.05, 3.63) is 34.9 Å². The summed E-state index contributed by atoms with van der Waals surface area (Å²) in [5.41, 5.74) is 4.22. The second-order valence-electron chi connectivity index (χ2n) is 5.31. The lowest BCUT2D eigenvalue weighted by Crippen LogP contribution is -2.19. The van der Waals surface area contributed by atoms with E-state index in [0.717, 1.165) is 11.9 Å². The molecule has 1 nitrogen and oxygen atoms in total. The fraction of sp³-hybridized carbons (Fsp3) is 0.533. The Morgan fingerprint density at radius 1 is 1.38 bits per heavy atom. The van der Waals surface area contributed by atoms with Crippen molar-refractivity contribution >= 4 is 6.29 Å². The van der Waals surface area contributed by atoms with Crippen LogP contribution in [-0.4, -0.2) is 6.29 Å². The molecule has 0 bridgehead atoms. The highest BCUT2D eigenvalue weighted by Crippen LogP contribution is 2.40. The van der Waals surface area contributed by atoms with Crippen LogP contribution < -0.4 is 0 Å². The summed E-state index contributed by atoms with van der Waals surface area (Å²) in [4.78, 5) is 10.3. The Morgan fingerprint density at radius 3 is 2.62 bits per heavy atom. The third-order valence-corrected chi connectivity index (χ3v) is 3.39. The van der Waals surface area contributed by atoms with Crippen molar-refractivity contribution in [2.75, 3.05) is 0 Å². The van der Waals surface area contributed by atoms with Crippen LogP contribution in [0.3, 0.4) is 0 Å². The molecule has 1 aliphatic carbocycles. The molecule has 1 rings (SSSR count). The van der Waals surface area contributed by atoms with Crippen LogP contribution in [0.25, 0.3) is 0 Å². The van der Waals surface area contributed by atoms with E-state index in [1.165, 1.54) is 30.4 Å². The summed E-state index contributed by atoms with van der Waals surface area (Å²) in [5.74, 6) is 0. The SMILES string of the molecule is CC(C=CC1=C(C)CCCC1(C)C)=CC=O. The Hall–Kier alpha value is -1.11. The number of rotatable bonds is 3. The van der Waals surface area contributed by atoms with Gasteiger partial charge in [0.05, 0.1) is 0 Å². The van der Waals surface area contributed by atoms with Gasteiger partial charge in [-0.15, -0.1) is 0 Å². The average molecular weight is 218 g/mol. The summed E-state index contributed by atoms with van der Waals surface area (Å²) in [6.45, 7) is 8.78. The number of carbonyl (C=O) groups is 1. The van der Waals surface area contributed by atoms with Crippen molar-refractivity contribution in [2.24, 2.45) is 5.41 Å². The van der Waals surface area contributed by atoms with E-state index < -0.39 is 0 Å². The lowest BCUT2D eigenvalue weighted by Gasteiger charge is -2.32. The van der Waals surface area contributed by atoms with Crippen molar-refractivity contribution in [3.63, 3.8) is 0 Å². The Balaban J connectivity index is 2.93. The Labute approximate surface area is 98.9 Å². The van der Waals surface area contributed by atoms with Crippen LogP contribution in [0.4, 0.5) is 0 Å². The predicted molar refractivity (Wildman–Crippen MR) is 69.3 cm³/mol. The number of allylic oxidation sites excluding steroid dienone is 6. The largest absolute Gasteiger partial charge is 0.299 e. The van der Waals surface area contributed by atoms with E-state index in [0.29, 0.717) is 0 Å². The lowest BCUT2D eigenvalue weighted by molar-refractivity contribution is -0.104. The highest BCUT2D eigenvalue weighted by atomic mass is 16.1. The van der Waals surface area contributed by atoms with Gasteiger partial charge in [0, 0.05) is 0 Å². The molecule has 0 radical (unpaired) electrons. The van der Waals surface area contributed by atoms with Crippen LogP contribution in [0.5, 0.6) is 0 Å². The zero-order chi connectivity index (χ0) is 12.2. The number of hydrogen-bond donors (Lipinski definition) is 0. The first kappa shape index (κ1) is 13.0. The van der Waals surface area contributed by atoms with Crippen molar-refractivity contribution in [2.45, 2.75) is 47.0 Å². The summed E-state index contributed by atoms with van der Waals surface area (Å²) < 4.78 is 0. The molecule has 0 atom stereocenters. The zero-order valence-electron chi connectivity index (χ0n) is 10.8.